The average Bonchev–Trinajstić information content (AvgIpc) is 3.30. The fraction of sp³-hybridized carbons (Fsp3) is 0.500. The molecule has 3 aromatic rings. The SMILES string of the molecule is Cn1c([C@H]2CCCN2Cc2nc3ccccc3c(=O)n2C)nc2c1CCCC2. The maximum absolute atomic E-state index is 12.7. The Labute approximate surface area is 164 Å². The van der Waals surface area contributed by atoms with Gasteiger partial charge in [-0.15, -0.1) is 0 Å². The van der Waals surface area contributed by atoms with Crippen molar-refractivity contribution < 1.29 is 0 Å². The number of likely N-dealkylation sites (tertiary alicyclic amines) is 1. The first kappa shape index (κ1) is 17.6. The molecular formula is C22H27N5O. The zero-order valence-corrected chi connectivity index (χ0v) is 16.7. The van der Waals surface area contributed by atoms with Gasteiger partial charge in [-0.3, -0.25) is 14.3 Å². The molecule has 1 aromatic carbocycles. The van der Waals surface area contributed by atoms with Crippen LogP contribution in [0, 0.1) is 0 Å². The van der Waals surface area contributed by atoms with Gasteiger partial charge < -0.3 is 4.57 Å². The molecular weight excluding hydrogens is 350 g/mol. The summed E-state index contributed by atoms with van der Waals surface area (Å²) in [6.45, 7) is 1.70. The van der Waals surface area contributed by atoms with Crippen molar-refractivity contribution in [2.24, 2.45) is 14.1 Å². The zero-order valence-electron chi connectivity index (χ0n) is 16.7. The van der Waals surface area contributed by atoms with Gasteiger partial charge in [-0.25, -0.2) is 9.97 Å². The summed E-state index contributed by atoms with van der Waals surface area (Å²) < 4.78 is 4.05. The number of hydrogen-bond donors (Lipinski definition) is 0. The molecule has 1 aliphatic heterocycles. The van der Waals surface area contributed by atoms with E-state index in [0.717, 1.165) is 43.6 Å². The number of rotatable bonds is 3. The van der Waals surface area contributed by atoms with Crippen LogP contribution in [0.1, 0.15) is 54.8 Å². The molecule has 28 heavy (non-hydrogen) atoms. The first-order chi connectivity index (χ1) is 13.6. The third kappa shape index (κ3) is 2.78. The smallest absolute Gasteiger partial charge is 0.261 e. The Hall–Kier alpha value is -2.47. The summed E-state index contributed by atoms with van der Waals surface area (Å²) in [7, 11) is 4.01. The minimum Gasteiger partial charge on any atom is -0.334 e. The molecule has 0 spiro atoms. The molecule has 3 heterocycles. The van der Waals surface area contributed by atoms with E-state index >= 15 is 0 Å². The highest BCUT2D eigenvalue weighted by Crippen LogP contribution is 2.34. The van der Waals surface area contributed by atoms with Crippen molar-refractivity contribution >= 4 is 10.9 Å². The molecule has 6 nitrogen and oxygen atoms in total. The summed E-state index contributed by atoms with van der Waals surface area (Å²) in [5.74, 6) is 2.02. The predicted molar refractivity (Wildman–Crippen MR) is 109 cm³/mol. The molecule has 5 rings (SSSR count). The topological polar surface area (TPSA) is 56.0 Å². The Morgan fingerprint density at radius 2 is 1.86 bits per heavy atom. The Morgan fingerprint density at radius 1 is 1.04 bits per heavy atom. The highest BCUT2D eigenvalue weighted by molar-refractivity contribution is 5.77. The molecule has 1 fully saturated rings. The summed E-state index contributed by atoms with van der Waals surface area (Å²) in [6, 6.07) is 7.92. The summed E-state index contributed by atoms with van der Waals surface area (Å²) in [5, 5.41) is 0.684. The molecule has 146 valence electrons. The summed E-state index contributed by atoms with van der Waals surface area (Å²) in [4.78, 5) is 25.1. The number of imidazole rings is 1. The van der Waals surface area contributed by atoms with Crippen LogP contribution < -0.4 is 5.56 Å². The first-order valence-corrected chi connectivity index (χ1v) is 10.4. The highest BCUT2D eigenvalue weighted by Gasteiger charge is 2.32. The first-order valence-electron chi connectivity index (χ1n) is 10.4. The molecule has 0 N–H and O–H groups in total. The van der Waals surface area contributed by atoms with E-state index in [1.165, 1.54) is 30.1 Å². The van der Waals surface area contributed by atoms with Crippen LogP contribution in [-0.2, 0) is 33.5 Å². The molecule has 1 saturated heterocycles. The molecule has 1 atom stereocenters. The van der Waals surface area contributed by atoms with Crippen LogP contribution in [-0.4, -0.2) is 30.5 Å². The minimum absolute atomic E-state index is 0.0313. The molecule has 0 bridgehead atoms. The fourth-order valence-electron chi connectivity index (χ4n) is 4.90. The van der Waals surface area contributed by atoms with Gasteiger partial charge in [0, 0.05) is 19.8 Å². The molecule has 0 radical (unpaired) electrons. The lowest BCUT2D eigenvalue weighted by molar-refractivity contribution is 0.227. The summed E-state index contributed by atoms with van der Waals surface area (Å²) in [5.41, 5.74) is 3.53. The van der Waals surface area contributed by atoms with Crippen LogP contribution >= 0.6 is 0 Å². The Bertz CT molecular complexity index is 1100. The van der Waals surface area contributed by atoms with Gasteiger partial charge in [-0.05, 0) is 57.2 Å². The summed E-state index contributed by atoms with van der Waals surface area (Å²) in [6.07, 6.45) is 7.04. The second-order valence-electron chi connectivity index (χ2n) is 8.17. The predicted octanol–water partition coefficient (Wildman–Crippen LogP) is 2.88. The number of para-hydroxylation sites is 1. The van der Waals surface area contributed by atoms with Crippen LogP contribution in [0.25, 0.3) is 10.9 Å². The van der Waals surface area contributed by atoms with Gasteiger partial charge in [0.05, 0.1) is 29.2 Å². The van der Waals surface area contributed by atoms with Gasteiger partial charge in [0.1, 0.15) is 11.6 Å². The maximum Gasteiger partial charge on any atom is 0.261 e. The molecule has 0 saturated carbocycles. The lowest BCUT2D eigenvalue weighted by Crippen LogP contribution is -2.30. The number of nitrogens with zero attached hydrogens (tertiary/aromatic N) is 5. The van der Waals surface area contributed by atoms with E-state index < -0.39 is 0 Å². The van der Waals surface area contributed by atoms with E-state index in [1.54, 1.807) is 4.57 Å². The van der Waals surface area contributed by atoms with Gasteiger partial charge >= 0.3 is 0 Å². The number of aromatic nitrogens is 4. The van der Waals surface area contributed by atoms with Crippen molar-refractivity contribution in [1.82, 2.24) is 24.0 Å². The zero-order chi connectivity index (χ0) is 19.3. The van der Waals surface area contributed by atoms with Crippen molar-refractivity contribution in [3.05, 3.63) is 57.7 Å². The third-order valence-electron chi connectivity index (χ3n) is 6.49. The molecule has 2 aromatic heterocycles. The van der Waals surface area contributed by atoms with Gasteiger partial charge in [0.15, 0.2) is 0 Å². The van der Waals surface area contributed by atoms with Crippen LogP contribution in [0.4, 0.5) is 0 Å². The molecule has 2 aliphatic rings. The molecule has 0 amide bonds. The van der Waals surface area contributed by atoms with E-state index in [2.05, 4.69) is 16.5 Å². The van der Waals surface area contributed by atoms with Crippen molar-refractivity contribution in [2.75, 3.05) is 6.54 Å². The van der Waals surface area contributed by atoms with E-state index in [-0.39, 0.29) is 5.56 Å². The Balaban J connectivity index is 1.49. The van der Waals surface area contributed by atoms with Crippen molar-refractivity contribution in [3.63, 3.8) is 0 Å². The second kappa shape index (κ2) is 6.85. The largest absolute Gasteiger partial charge is 0.334 e. The number of fused-ring (bicyclic) bond motifs is 2. The highest BCUT2D eigenvalue weighted by atomic mass is 16.1. The normalized spacial score (nSPS) is 20.0. The number of aryl methyl sites for hydroxylation is 1. The van der Waals surface area contributed by atoms with E-state index in [4.69, 9.17) is 9.97 Å². The monoisotopic (exact) mass is 377 g/mol. The van der Waals surface area contributed by atoms with Crippen molar-refractivity contribution in [2.45, 2.75) is 51.1 Å². The van der Waals surface area contributed by atoms with Gasteiger partial charge in [-0.2, -0.15) is 0 Å². The van der Waals surface area contributed by atoms with Crippen LogP contribution in [0.2, 0.25) is 0 Å². The van der Waals surface area contributed by atoms with E-state index in [0.29, 0.717) is 18.0 Å². The van der Waals surface area contributed by atoms with Gasteiger partial charge in [0.2, 0.25) is 0 Å². The lowest BCUT2D eigenvalue weighted by atomic mass is 10.0. The van der Waals surface area contributed by atoms with Crippen LogP contribution in [0.3, 0.4) is 0 Å². The lowest BCUT2D eigenvalue weighted by Gasteiger charge is -2.25. The van der Waals surface area contributed by atoms with Crippen molar-refractivity contribution in [1.29, 1.82) is 0 Å². The number of benzene rings is 1. The van der Waals surface area contributed by atoms with Crippen molar-refractivity contribution in [3.8, 4) is 0 Å². The Kier molecular flexibility index (Phi) is 4.31. The average molecular weight is 377 g/mol. The molecule has 6 heteroatoms. The van der Waals surface area contributed by atoms with E-state index in [1.807, 2.05) is 31.3 Å². The fourth-order valence-corrected chi connectivity index (χ4v) is 4.90. The van der Waals surface area contributed by atoms with Gasteiger partial charge in [0.25, 0.3) is 5.56 Å². The van der Waals surface area contributed by atoms with Crippen LogP contribution in [0.5, 0.6) is 0 Å². The van der Waals surface area contributed by atoms with Gasteiger partial charge in [-0.1, -0.05) is 12.1 Å². The minimum atomic E-state index is 0.0313. The molecule has 0 unspecified atom stereocenters. The Morgan fingerprint density at radius 3 is 2.71 bits per heavy atom. The number of hydrogen-bond acceptors (Lipinski definition) is 4. The maximum atomic E-state index is 12.7. The second-order valence-corrected chi connectivity index (χ2v) is 8.17. The van der Waals surface area contributed by atoms with Crippen LogP contribution in [0.15, 0.2) is 29.1 Å². The molecule has 1 aliphatic carbocycles. The summed E-state index contributed by atoms with van der Waals surface area (Å²) >= 11 is 0. The standard InChI is InChI=1S/C22H27N5O/c1-25-18-11-6-5-10-17(18)24-21(25)19-12-7-13-27(19)14-20-23-16-9-4-3-8-15(16)22(28)26(20)2/h3-4,8-9,19H,5-7,10-14H2,1-2H3/t19-/m1/s1. The third-order valence-corrected chi connectivity index (χ3v) is 6.49. The van der Waals surface area contributed by atoms with E-state index in [9.17, 15) is 4.79 Å². The quantitative estimate of drug-likeness (QED) is 0.704.